The first-order chi connectivity index (χ1) is 14.1. The van der Waals surface area contributed by atoms with Crippen LogP contribution in [-0.4, -0.2) is 42.9 Å². The molecule has 2 aliphatic rings. The van der Waals surface area contributed by atoms with Crippen LogP contribution in [0.25, 0.3) is 0 Å². The zero-order chi connectivity index (χ0) is 20.2. The average Bonchev–Trinajstić information content (AvgIpc) is 2.75. The summed E-state index contributed by atoms with van der Waals surface area (Å²) in [6.07, 6.45) is 2.71. The van der Waals surface area contributed by atoms with Crippen molar-refractivity contribution in [2.45, 2.75) is 25.2 Å². The Labute approximate surface area is 171 Å². The molecule has 0 bridgehead atoms. The molecule has 6 nitrogen and oxygen atoms in total. The highest BCUT2D eigenvalue weighted by Gasteiger charge is 2.32. The van der Waals surface area contributed by atoms with Crippen molar-refractivity contribution in [1.29, 1.82) is 0 Å². The molecule has 0 aliphatic carbocycles. The minimum absolute atomic E-state index is 0.0122. The Morgan fingerprint density at radius 1 is 1.07 bits per heavy atom. The van der Waals surface area contributed by atoms with Crippen LogP contribution in [0.4, 0.5) is 0 Å². The van der Waals surface area contributed by atoms with E-state index in [-0.39, 0.29) is 23.7 Å². The molecule has 0 saturated carbocycles. The molecule has 29 heavy (non-hydrogen) atoms. The smallest absolute Gasteiger partial charge is 0.232 e. The van der Waals surface area contributed by atoms with Gasteiger partial charge < -0.3 is 20.7 Å². The summed E-state index contributed by atoms with van der Waals surface area (Å²) in [4.78, 5) is 26.8. The molecule has 1 unspecified atom stereocenters. The largest absolute Gasteiger partial charge is 0.457 e. The Balaban J connectivity index is 1.36. The van der Waals surface area contributed by atoms with Gasteiger partial charge in [0.2, 0.25) is 11.8 Å². The molecule has 0 aromatic heterocycles. The number of primary amides is 1. The molecule has 2 amide bonds. The van der Waals surface area contributed by atoms with Gasteiger partial charge in [0.15, 0.2) is 0 Å². The summed E-state index contributed by atoms with van der Waals surface area (Å²) in [6.45, 7) is 3.16. The molecule has 1 fully saturated rings. The number of nitrogens with two attached hydrogens (primary N) is 1. The van der Waals surface area contributed by atoms with E-state index in [0.29, 0.717) is 6.54 Å². The molecule has 6 heteroatoms. The van der Waals surface area contributed by atoms with E-state index < -0.39 is 0 Å². The molecule has 2 aromatic rings. The summed E-state index contributed by atoms with van der Waals surface area (Å²) in [5.74, 6) is 0.829. The summed E-state index contributed by atoms with van der Waals surface area (Å²) in [7, 11) is 0. The lowest BCUT2D eigenvalue weighted by Crippen LogP contribution is -2.42. The van der Waals surface area contributed by atoms with Crippen LogP contribution in [0.2, 0.25) is 0 Å². The highest BCUT2D eigenvalue weighted by molar-refractivity contribution is 5.89. The van der Waals surface area contributed by atoms with Gasteiger partial charge in [0.25, 0.3) is 0 Å². The number of rotatable bonds is 6. The first-order valence-electron chi connectivity index (χ1n) is 10.3. The van der Waals surface area contributed by atoms with Gasteiger partial charge in [0.05, 0.1) is 11.8 Å². The first-order valence-corrected chi connectivity index (χ1v) is 10.3. The van der Waals surface area contributed by atoms with Crippen LogP contribution in [0.3, 0.4) is 0 Å². The van der Waals surface area contributed by atoms with Crippen molar-refractivity contribution in [1.82, 2.24) is 10.2 Å². The van der Waals surface area contributed by atoms with E-state index in [1.54, 1.807) is 0 Å². The van der Waals surface area contributed by atoms with E-state index in [1.165, 1.54) is 0 Å². The number of hydrogen-bond acceptors (Lipinski definition) is 4. The summed E-state index contributed by atoms with van der Waals surface area (Å²) in [5, 5.41) is 3.09. The number of carbonyl (C=O) groups excluding carboxylic acids is 2. The molecule has 152 valence electrons. The number of carbonyl (C=O) groups is 2. The van der Waals surface area contributed by atoms with Crippen molar-refractivity contribution in [3.8, 4) is 11.5 Å². The fourth-order valence-electron chi connectivity index (χ4n) is 4.30. The van der Waals surface area contributed by atoms with Crippen molar-refractivity contribution >= 4 is 11.8 Å². The fourth-order valence-corrected chi connectivity index (χ4v) is 4.30. The van der Waals surface area contributed by atoms with Crippen LogP contribution < -0.4 is 15.8 Å². The van der Waals surface area contributed by atoms with Crippen molar-refractivity contribution in [3.05, 3.63) is 59.7 Å². The molecule has 1 saturated heterocycles. The van der Waals surface area contributed by atoms with Crippen LogP contribution in [-0.2, 0) is 9.59 Å². The number of benzene rings is 2. The average molecular weight is 393 g/mol. The Hall–Kier alpha value is -2.86. The lowest BCUT2D eigenvalue weighted by atomic mass is 9.87. The normalized spacial score (nSPS) is 19.0. The van der Waals surface area contributed by atoms with Gasteiger partial charge in [-0.3, -0.25) is 9.59 Å². The minimum atomic E-state index is -0.370. The summed E-state index contributed by atoms with van der Waals surface area (Å²) in [6, 6.07) is 15.4. The lowest BCUT2D eigenvalue weighted by Gasteiger charge is -2.31. The van der Waals surface area contributed by atoms with E-state index in [9.17, 15) is 9.59 Å². The van der Waals surface area contributed by atoms with E-state index in [1.807, 2.05) is 48.5 Å². The molecule has 1 atom stereocenters. The Bertz CT molecular complexity index is 853. The van der Waals surface area contributed by atoms with Crippen molar-refractivity contribution in [2.75, 3.05) is 26.2 Å². The maximum Gasteiger partial charge on any atom is 0.232 e. The van der Waals surface area contributed by atoms with E-state index in [2.05, 4.69) is 10.2 Å². The summed E-state index contributed by atoms with van der Waals surface area (Å²) in [5.41, 5.74) is 7.24. The number of hydrogen-bond donors (Lipinski definition) is 2. The number of likely N-dealkylation sites (tertiary alicyclic amines) is 1. The van der Waals surface area contributed by atoms with Crippen molar-refractivity contribution in [3.63, 3.8) is 0 Å². The molecule has 2 aliphatic heterocycles. The molecule has 2 heterocycles. The van der Waals surface area contributed by atoms with Gasteiger partial charge in [-0.05, 0) is 44.5 Å². The quantitative estimate of drug-likeness (QED) is 0.739. The van der Waals surface area contributed by atoms with E-state index in [4.69, 9.17) is 10.5 Å². The van der Waals surface area contributed by atoms with Gasteiger partial charge in [-0.25, -0.2) is 0 Å². The number of nitrogens with zero attached hydrogens (tertiary/aromatic N) is 1. The standard InChI is InChI=1S/C23H27N3O3/c24-22(27)16-7-5-13-26(15-16)14-6-12-25-23(28)21-17-8-1-3-10-19(17)29-20-11-4-2-9-18(20)21/h1-4,8-11,16,21H,5-7,12-15H2,(H2,24,27)(H,25,28). The molecule has 3 N–H and O–H groups in total. The Morgan fingerprint density at radius 3 is 2.38 bits per heavy atom. The third-order valence-corrected chi connectivity index (χ3v) is 5.80. The third kappa shape index (κ3) is 4.27. The molecule has 2 aromatic carbocycles. The summed E-state index contributed by atoms with van der Waals surface area (Å²) < 4.78 is 5.97. The third-order valence-electron chi connectivity index (χ3n) is 5.80. The van der Waals surface area contributed by atoms with Gasteiger partial charge in [0, 0.05) is 24.2 Å². The first kappa shape index (κ1) is 19.5. The second kappa shape index (κ2) is 8.66. The number of ether oxygens (including phenoxy) is 1. The Morgan fingerprint density at radius 2 is 1.72 bits per heavy atom. The van der Waals surface area contributed by atoms with Gasteiger partial charge in [-0.15, -0.1) is 0 Å². The number of fused-ring (bicyclic) bond motifs is 2. The minimum Gasteiger partial charge on any atom is -0.457 e. The molecular formula is C23H27N3O3. The van der Waals surface area contributed by atoms with Gasteiger partial charge in [-0.1, -0.05) is 36.4 Å². The predicted molar refractivity (Wildman–Crippen MR) is 111 cm³/mol. The van der Waals surface area contributed by atoms with Gasteiger partial charge in [0.1, 0.15) is 11.5 Å². The lowest BCUT2D eigenvalue weighted by molar-refractivity contribution is -0.123. The van der Waals surface area contributed by atoms with Crippen LogP contribution in [0.1, 0.15) is 36.3 Å². The monoisotopic (exact) mass is 393 g/mol. The molecular weight excluding hydrogens is 366 g/mol. The number of nitrogens with one attached hydrogen (secondary N) is 1. The van der Waals surface area contributed by atoms with E-state index in [0.717, 1.165) is 61.5 Å². The van der Waals surface area contributed by atoms with Crippen molar-refractivity contribution < 1.29 is 14.3 Å². The molecule has 0 radical (unpaired) electrons. The van der Waals surface area contributed by atoms with Crippen LogP contribution in [0.5, 0.6) is 11.5 Å². The van der Waals surface area contributed by atoms with Gasteiger partial charge >= 0.3 is 0 Å². The topological polar surface area (TPSA) is 84.7 Å². The SMILES string of the molecule is NC(=O)C1CCCN(CCCNC(=O)C2c3ccccc3Oc3ccccc32)C1. The van der Waals surface area contributed by atoms with Crippen LogP contribution in [0, 0.1) is 5.92 Å². The number of amides is 2. The second-order valence-electron chi connectivity index (χ2n) is 7.80. The molecule has 4 rings (SSSR count). The predicted octanol–water partition coefficient (Wildman–Crippen LogP) is 2.63. The summed E-state index contributed by atoms with van der Waals surface area (Å²) >= 11 is 0. The maximum atomic E-state index is 13.1. The van der Waals surface area contributed by atoms with Crippen LogP contribution in [0.15, 0.2) is 48.5 Å². The fraction of sp³-hybridized carbons (Fsp3) is 0.391. The highest BCUT2D eigenvalue weighted by Crippen LogP contribution is 2.43. The van der Waals surface area contributed by atoms with Gasteiger partial charge in [-0.2, -0.15) is 0 Å². The highest BCUT2D eigenvalue weighted by atomic mass is 16.5. The van der Waals surface area contributed by atoms with E-state index >= 15 is 0 Å². The van der Waals surface area contributed by atoms with Crippen LogP contribution >= 0.6 is 0 Å². The Kier molecular flexibility index (Phi) is 5.81. The zero-order valence-electron chi connectivity index (χ0n) is 16.5. The second-order valence-corrected chi connectivity index (χ2v) is 7.80. The maximum absolute atomic E-state index is 13.1. The zero-order valence-corrected chi connectivity index (χ0v) is 16.5. The molecule has 0 spiro atoms. The number of para-hydroxylation sites is 2. The van der Waals surface area contributed by atoms with Crippen molar-refractivity contribution in [2.24, 2.45) is 11.7 Å². The number of piperidine rings is 1.